The molecule has 2 N–H and O–H groups in total. The first-order valence-corrected chi connectivity index (χ1v) is 7.06. The molecule has 0 amide bonds. The zero-order chi connectivity index (χ0) is 13.8. The Morgan fingerprint density at radius 3 is 2.95 bits per heavy atom. The third-order valence-electron chi connectivity index (χ3n) is 3.66. The van der Waals surface area contributed by atoms with E-state index in [4.69, 9.17) is 22.7 Å². The van der Waals surface area contributed by atoms with Gasteiger partial charge in [-0.1, -0.05) is 12.2 Å². The third-order valence-corrected chi connectivity index (χ3v) is 3.88. The highest BCUT2D eigenvalue weighted by Crippen LogP contribution is 2.37. The molecule has 19 heavy (non-hydrogen) atoms. The standard InChI is InChI=1S/C14H21N3OS/c1-10(11-5-6-11)17(8-9-18-2)14-12(13(15)19)4-3-7-16-14/h3-4,7,10-11H,5-6,8-9H2,1-2H3,(H2,15,19). The first-order chi connectivity index (χ1) is 9.15. The van der Waals surface area contributed by atoms with Crippen LogP contribution >= 0.6 is 12.2 Å². The lowest BCUT2D eigenvalue weighted by molar-refractivity contribution is 0.202. The highest BCUT2D eigenvalue weighted by Gasteiger charge is 2.33. The van der Waals surface area contributed by atoms with Crippen molar-refractivity contribution in [2.45, 2.75) is 25.8 Å². The Morgan fingerprint density at radius 2 is 2.37 bits per heavy atom. The summed E-state index contributed by atoms with van der Waals surface area (Å²) in [7, 11) is 1.72. The molecule has 1 aromatic heterocycles. The number of nitrogens with two attached hydrogens (primary N) is 1. The summed E-state index contributed by atoms with van der Waals surface area (Å²) in [4.78, 5) is 7.16. The second-order valence-electron chi connectivity index (χ2n) is 5.00. The number of pyridine rings is 1. The van der Waals surface area contributed by atoms with Crippen molar-refractivity contribution in [1.29, 1.82) is 0 Å². The van der Waals surface area contributed by atoms with Crippen molar-refractivity contribution in [3.63, 3.8) is 0 Å². The van der Waals surface area contributed by atoms with E-state index >= 15 is 0 Å². The van der Waals surface area contributed by atoms with E-state index in [0.29, 0.717) is 17.6 Å². The van der Waals surface area contributed by atoms with Crippen LogP contribution in [0.1, 0.15) is 25.3 Å². The van der Waals surface area contributed by atoms with Gasteiger partial charge in [0.1, 0.15) is 10.8 Å². The highest BCUT2D eigenvalue weighted by atomic mass is 32.1. The lowest BCUT2D eigenvalue weighted by atomic mass is 10.1. The van der Waals surface area contributed by atoms with Gasteiger partial charge in [0.05, 0.1) is 12.2 Å². The van der Waals surface area contributed by atoms with Crippen LogP contribution in [0.5, 0.6) is 0 Å². The van der Waals surface area contributed by atoms with Crippen molar-refractivity contribution >= 4 is 23.0 Å². The predicted octanol–water partition coefficient (Wildman–Crippen LogP) is 1.97. The average Bonchev–Trinajstić information content (AvgIpc) is 3.23. The van der Waals surface area contributed by atoms with E-state index in [0.717, 1.165) is 23.8 Å². The molecular weight excluding hydrogens is 258 g/mol. The van der Waals surface area contributed by atoms with Gasteiger partial charge in [0.15, 0.2) is 0 Å². The zero-order valence-corrected chi connectivity index (χ0v) is 12.3. The summed E-state index contributed by atoms with van der Waals surface area (Å²) in [5, 5.41) is 0. The topological polar surface area (TPSA) is 51.4 Å². The van der Waals surface area contributed by atoms with Crippen molar-refractivity contribution in [3.05, 3.63) is 23.9 Å². The van der Waals surface area contributed by atoms with Gasteiger partial charge in [0.25, 0.3) is 0 Å². The maximum Gasteiger partial charge on any atom is 0.139 e. The van der Waals surface area contributed by atoms with E-state index in [1.54, 1.807) is 13.3 Å². The van der Waals surface area contributed by atoms with Crippen LogP contribution in [0.3, 0.4) is 0 Å². The normalized spacial score (nSPS) is 16.1. The fourth-order valence-electron chi connectivity index (χ4n) is 2.34. The fourth-order valence-corrected chi connectivity index (χ4v) is 2.50. The number of ether oxygens (including phenoxy) is 1. The lowest BCUT2D eigenvalue weighted by Gasteiger charge is -2.31. The molecule has 104 valence electrons. The molecule has 1 atom stereocenters. The molecule has 1 fully saturated rings. The van der Waals surface area contributed by atoms with Gasteiger partial charge >= 0.3 is 0 Å². The molecule has 0 radical (unpaired) electrons. The smallest absolute Gasteiger partial charge is 0.139 e. The van der Waals surface area contributed by atoms with Gasteiger partial charge in [-0.05, 0) is 37.8 Å². The molecule has 1 aliphatic carbocycles. The predicted molar refractivity (Wildman–Crippen MR) is 81.5 cm³/mol. The maximum atomic E-state index is 5.81. The van der Waals surface area contributed by atoms with Gasteiger partial charge in [0.2, 0.25) is 0 Å². The van der Waals surface area contributed by atoms with Gasteiger partial charge in [0, 0.05) is 25.9 Å². The second kappa shape index (κ2) is 6.30. The Bertz CT molecular complexity index is 448. The summed E-state index contributed by atoms with van der Waals surface area (Å²) in [5.41, 5.74) is 6.65. The molecule has 1 aliphatic rings. The molecule has 0 bridgehead atoms. The summed E-state index contributed by atoms with van der Waals surface area (Å²) < 4.78 is 5.21. The molecule has 4 nitrogen and oxygen atoms in total. The monoisotopic (exact) mass is 279 g/mol. The second-order valence-corrected chi connectivity index (χ2v) is 5.44. The van der Waals surface area contributed by atoms with Crippen LogP contribution in [-0.4, -0.2) is 36.3 Å². The number of thiocarbonyl (C=S) groups is 1. The average molecular weight is 279 g/mol. The Labute approximate surface area is 120 Å². The number of hydrogen-bond acceptors (Lipinski definition) is 4. The van der Waals surface area contributed by atoms with Gasteiger partial charge in [-0.15, -0.1) is 0 Å². The summed E-state index contributed by atoms with van der Waals surface area (Å²) in [6.07, 6.45) is 4.37. The van der Waals surface area contributed by atoms with Gasteiger partial charge in [-0.2, -0.15) is 0 Å². The van der Waals surface area contributed by atoms with Crippen LogP contribution in [-0.2, 0) is 4.74 Å². The van der Waals surface area contributed by atoms with Crippen LogP contribution in [0.2, 0.25) is 0 Å². The van der Waals surface area contributed by atoms with Crippen molar-refractivity contribution in [1.82, 2.24) is 4.98 Å². The molecule has 1 heterocycles. The molecule has 0 aliphatic heterocycles. The minimum Gasteiger partial charge on any atom is -0.389 e. The SMILES string of the molecule is COCCN(c1ncccc1C(N)=S)C(C)C1CC1. The Morgan fingerprint density at radius 1 is 1.63 bits per heavy atom. The van der Waals surface area contributed by atoms with Crippen LogP contribution in [0.25, 0.3) is 0 Å². The third kappa shape index (κ3) is 3.42. The van der Waals surface area contributed by atoms with Crippen molar-refractivity contribution < 1.29 is 4.74 Å². The molecule has 2 rings (SSSR count). The molecule has 5 heteroatoms. The fraction of sp³-hybridized carbons (Fsp3) is 0.571. The first-order valence-electron chi connectivity index (χ1n) is 6.65. The molecule has 1 aromatic rings. The van der Waals surface area contributed by atoms with E-state index < -0.39 is 0 Å². The Hall–Kier alpha value is -1.20. The molecule has 0 aromatic carbocycles. The Balaban J connectivity index is 2.28. The van der Waals surface area contributed by atoms with Crippen LogP contribution in [0, 0.1) is 5.92 Å². The summed E-state index contributed by atoms with van der Waals surface area (Å²) in [6, 6.07) is 4.25. The van der Waals surface area contributed by atoms with Crippen LogP contribution in [0.4, 0.5) is 5.82 Å². The summed E-state index contributed by atoms with van der Waals surface area (Å²) in [5.74, 6) is 1.63. The number of hydrogen-bond donors (Lipinski definition) is 1. The summed E-state index contributed by atoms with van der Waals surface area (Å²) in [6.45, 7) is 3.72. The van der Waals surface area contributed by atoms with Crippen LogP contribution in [0.15, 0.2) is 18.3 Å². The summed E-state index contributed by atoms with van der Waals surface area (Å²) >= 11 is 5.13. The molecule has 0 saturated heterocycles. The zero-order valence-electron chi connectivity index (χ0n) is 11.5. The largest absolute Gasteiger partial charge is 0.389 e. The van der Waals surface area contributed by atoms with E-state index in [1.165, 1.54) is 12.8 Å². The van der Waals surface area contributed by atoms with Gasteiger partial charge < -0.3 is 15.4 Å². The van der Waals surface area contributed by atoms with Crippen molar-refractivity contribution in [2.24, 2.45) is 11.7 Å². The van der Waals surface area contributed by atoms with E-state index in [2.05, 4.69) is 16.8 Å². The van der Waals surface area contributed by atoms with Crippen LogP contribution < -0.4 is 10.6 Å². The Kier molecular flexibility index (Phi) is 4.71. The van der Waals surface area contributed by atoms with E-state index in [9.17, 15) is 0 Å². The number of anilines is 1. The number of rotatable bonds is 7. The number of aromatic nitrogens is 1. The maximum absolute atomic E-state index is 5.81. The van der Waals surface area contributed by atoms with Gasteiger partial charge in [-0.25, -0.2) is 4.98 Å². The number of methoxy groups -OCH3 is 1. The lowest BCUT2D eigenvalue weighted by Crippen LogP contribution is -2.39. The van der Waals surface area contributed by atoms with E-state index in [1.807, 2.05) is 12.1 Å². The molecule has 0 spiro atoms. The molecular formula is C14H21N3OS. The first kappa shape index (κ1) is 14.2. The highest BCUT2D eigenvalue weighted by molar-refractivity contribution is 7.80. The van der Waals surface area contributed by atoms with E-state index in [-0.39, 0.29) is 0 Å². The minimum absolute atomic E-state index is 0.397. The quantitative estimate of drug-likeness (QED) is 0.773. The molecule has 1 unspecified atom stereocenters. The van der Waals surface area contributed by atoms with Gasteiger partial charge in [-0.3, -0.25) is 0 Å². The van der Waals surface area contributed by atoms with Crippen molar-refractivity contribution in [3.8, 4) is 0 Å². The van der Waals surface area contributed by atoms with Crippen molar-refractivity contribution in [2.75, 3.05) is 25.2 Å². The minimum atomic E-state index is 0.397. The number of nitrogens with zero attached hydrogens (tertiary/aromatic N) is 2. The molecule has 1 saturated carbocycles.